The van der Waals surface area contributed by atoms with Crippen molar-refractivity contribution < 1.29 is 14.3 Å². The molecule has 5 heteroatoms. The predicted octanol–water partition coefficient (Wildman–Crippen LogP) is 0.748. The first-order valence-corrected chi connectivity index (χ1v) is 3.76. The van der Waals surface area contributed by atoms with Crippen molar-refractivity contribution in [2.45, 2.75) is 0 Å². The number of rotatable bonds is 2. The summed E-state index contributed by atoms with van der Waals surface area (Å²) in [6.45, 7) is 0. The van der Waals surface area contributed by atoms with Crippen molar-refractivity contribution in [3.8, 4) is 11.9 Å². The fourth-order valence-electron chi connectivity index (χ4n) is 0.897. The van der Waals surface area contributed by atoms with Gasteiger partial charge in [-0.2, -0.15) is 5.26 Å². The molecule has 5 nitrogen and oxygen atoms in total. The lowest BCUT2D eigenvalue weighted by Gasteiger charge is -2.03. The molecule has 0 saturated carbocycles. The van der Waals surface area contributed by atoms with Crippen molar-refractivity contribution in [1.82, 2.24) is 4.98 Å². The molecule has 0 fully saturated rings. The zero-order chi connectivity index (χ0) is 10.6. The van der Waals surface area contributed by atoms with E-state index in [0.29, 0.717) is 0 Å². The Morgan fingerprint density at radius 1 is 1.50 bits per heavy atom. The Morgan fingerprint density at radius 2 is 2.21 bits per heavy atom. The molecule has 0 saturated heterocycles. The maximum absolute atomic E-state index is 11.2. The largest absolute Gasteiger partial charge is 0.481 e. The molecule has 0 radical (unpaired) electrons. The summed E-state index contributed by atoms with van der Waals surface area (Å²) < 4.78 is 9.29. The van der Waals surface area contributed by atoms with Crippen LogP contribution in [0.5, 0.6) is 5.88 Å². The van der Waals surface area contributed by atoms with E-state index in [1.165, 1.54) is 26.4 Å². The molecule has 72 valence electrons. The van der Waals surface area contributed by atoms with Crippen LogP contribution >= 0.6 is 0 Å². The number of nitrogens with zero attached hydrogens (tertiary/aromatic N) is 2. The molecule has 1 aromatic heterocycles. The Kier molecular flexibility index (Phi) is 3.02. The van der Waals surface area contributed by atoms with Crippen LogP contribution in [-0.4, -0.2) is 25.2 Å². The van der Waals surface area contributed by atoms with Crippen LogP contribution in [0.25, 0.3) is 0 Å². The second-order valence-electron chi connectivity index (χ2n) is 2.35. The highest BCUT2D eigenvalue weighted by atomic mass is 16.5. The van der Waals surface area contributed by atoms with Gasteiger partial charge < -0.3 is 9.47 Å². The zero-order valence-corrected chi connectivity index (χ0v) is 7.77. The number of aromatic nitrogens is 1. The van der Waals surface area contributed by atoms with E-state index in [-0.39, 0.29) is 17.1 Å². The van der Waals surface area contributed by atoms with Gasteiger partial charge >= 0.3 is 5.97 Å². The number of ether oxygens (including phenoxy) is 2. The number of esters is 1. The fourth-order valence-corrected chi connectivity index (χ4v) is 0.897. The number of carbonyl (C=O) groups is 1. The Labute approximate surface area is 80.9 Å². The number of methoxy groups -OCH3 is 2. The summed E-state index contributed by atoms with van der Waals surface area (Å²) in [5.74, 6) is -0.384. The summed E-state index contributed by atoms with van der Waals surface area (Å²) >= 11 is 0. The normalized spacial score (nSPS) is 8.93. The minimum atomic E-state index is -0.652. The minimum absolute atomic E-state index is 0.0330. The molecule has 1 aromatic rings. The Balaban J connectivity index is 3.23. The van der Waals surface area contributed by atoms with Crippen LogP contribution in [0.15, 0.2) is 12.1 Å². The van der Waals surface area contributed by atoms with Crippen LogP contribution in [-0.2, 0) is 4.74 Å². The topological polar surface area (TPSA) is 72.2 Å². The molecule has 0 bridgehead atoms. The summed E-state index contributed by atoms with van der Waals surface area (Å²) in [5, 5.41) is 8.69. The number of carbonyl (C=O) groups excluding carboxylic acids is 1. The van der Waals surface area contributed by atoms with Gasteiger partial charge in [0.2, 0.25) is 5.88 Å². The summed E-state index contributed by atoms with van der Waals surface area (Å²) in [6, 6.07) is 4.80. The van der Waals surface area contributed by atoms with Crippen LogP contribution in [0, 0.1) is 11.3 Å². The number of nitriles is 1. The predicted molar refractivity (Wildman–Crippen MR) is 46.8 cm³/mol. The van der Waals surface area contributed by atoms with Crippen molar-refractivity contribution >= 4 is 5.97 Å². The van der Waals surface area contributed by atoms with Gasteiger partial charge in [0.25, 0.3) is 0 Å². The first-order valence-electron chi connectivity index (χ1n) is 3.76. The highest BCUT2D eigenvalue weighted by Crippen LogP contribution is 2.12. The molecule has 0 unspecified atom stereocenters. The maximum Gasteiger partial charge on any atom is 0.358 e. The van der Waals surface area contributed by atoms with Gasteiger partial charge in [0.1, 0.15) is 6.07 Å². The molecule has 0 aliphatic carbocycles. The maximum atomic E-state index is 11.2. The van der Waals surface area contributed by atoms with E-state index in [1.54, 1.807) is 0 Å². The molecule has 0 N–H and O–H groups in total. The molecule has 0 spiro atoms. The van der Waals surface area contributed by atoms with E-state index in [1.807, 2.05) is 6.07 Å². The highest BCUT2D eigenvalue weighted by molar-refractivity contribution is 5.90. The smallest absolute Gasteiger partial charge is 0.358 e. The molecule has 0 atom stereocenters. The first-order chi connectivity index (χ1) is 6.72. The van der Waals surface area contributed by atoms with Crippen LogP contribution in [0.4, 0.5) is 0 Å². The summed E-state index contributed by atoms with van der Waals surface area (Å²) in [4.78, 5) is 15.0. The van der Waals surface area contributed by atoms with Gasteiger partial charge in [-0.15, -0.1) is 0 Å². The van der Waals surface area contributed by atoms with E-state index in [9.17, 15) is 4.79 Å². The van der Waals surface area contributed by atoms with E-state index in [0.717, 1.165) is 0 Å². The quantitative estimate of drug-likeness (QED) is 0.646. The van der Waals surface area contributed by atoms with Gasteiger partial charge in [0, 0.05) is 6.07 Å². The highest BCUT2D eigenvalue weighted by Gasteiger charge is 2.14. The van der Waals surface area contributed by atoms with Crippen molar-refractivity contribution in [3.05, 3.63) is 23.4 Å². The third kappa shape index (κ3) is 1.80. The van der Waals surface area contributed by atoms with Gasteiger partial charge in [-0.05, 0) is 6.07 Å². The zero-order valence-electron chi connectivity index (χ0n) is 7.77. The molecule has 0 aromatic carbocycles. The van der Waals surface area contributed by atoms with Crippen molar-refractivity contribution in [1.29, 1.82) is 5.26 Å². The van der Waals surface area contributed by atoms with E-state index in [4.69, 9.17) is 10.00 Å². The summed E-state index contributed by atoms with van der Waals surface area (Å²) in [7, 11) is 2.65. The molecule has 1 rings (SSSR count). The fraction of sp³-hybridized carbons (Fsp3) is 0.222. The lowest BCUT2D eigenvalue weighted by molar-refractivity contribution is 0.0592. The van der Waals surface area contributed by atoms with Crippen molar-refractivity contribution in [2.75, 3.05) is 14.2 Å². The second kappa shape index (κ2) is 4.23. The molecule has 0 amide bonds. The van der Waals surface area contributed by atoms with Crippen molar-refractivity contribution in [3.63, 3.8) is 0 Å². The van der Waals surface area contributed by atoms with Crippen LogP contribution in [0.2, 0.25) is 0 Å². The van der Waals surface area contributed by atoms with Gasteiger partial charge in [0.05, 0.1) is 19.8 Å². The standard InChI is InChI=1S/C9H8N2O3/c1-13-7-4-3-6(5-10)8(11-7)9(12)14-2/h3-4H,1-2H3. The minimum Gasteiger partial charge on any atom is -0.481 e. The molecular formula is C9H8N2O3. The van der Waals surface area contributed by atoms with Crippen LogP contribution < -0.4 is 4.74 Å². The Morgan fingerprint density at radius 3 is 2.71 bits per heavy atom. The second-order valence-corrected chi connectivity index (χ2v) is 2.35. The monoisotopic (exact) mass is 192 g/mol. The first kappa shape index (κ1) is 9.99. The third-order valence-electron chi connectivity index (χ3n) is 1.58. The van der Waals surface area contributed by atoms with Gasteiger partial charge in [-0.1, -0.05) is 0 Å². The number of hydrogen-bond donors (Lipinski definition) is 0. The van der Waals surface area contributed by atoms with Crippen LogP contribution in [0.3, 0.4) is 0 Å². The van der Waals surface area contributed by atoms with Gasteiger partial charge in [-0.25, -0.2) is 9.78 Å². The average Bonchev–Trinajstić information content (AvgIpc) is 2.27. The molecule has 0 aliphatic rings. The number of pyridine rings is 1. The Hall–Kier alpha value is -2.09. The van der Waals surface area contributed by atoms with E-state index in [2.05, 4.69) is 9.72 Å². The summed E-state index contributed by atoms with van der Waals surface area (Å²) in [5.41, 5.74) is 0.131. The molecule has 14 heavy (non-hydrogen) atoms. The van der Waals surface area contributed by atoms with Gasteiger partial charge in [0.15, 0.2) is 5.69 Å². The number of hydrogen-bond acceptors (Lipinski definition) is 5. The average molecular weight is 192 g/mol. The lowest BCUT2D eigenvalue weighted by atomic mass is 10.2. The molecular weight excluding hydrogens is 184 g/mol. The van der Waals surface area contributed by atoms with Crippen LogP contribution in [0.1, 0.15) is 16.1 Å². The van der Waals surface area contributed by atoms with E-state index < -0.39 is 5.97 Å². The SMILES string of the molecule is COC(=O)c1nc(OC)ccc1C#N. The lowest BCUT2D eigenvalue weighted by Crippen LogP contribution is -2.07. The van der Waals surface area contributed by atoms with E-state index >= 15 is 0 Å². The molecule has 1 heterocycles. The summed E-state index contributed by atoms with van der Waals surface area (Å²) in [6.07, 6.45) is 0. The van der Waals surface area contributed by atoms with Crippen molar-refractivity contribution in [2.24, 2.45) is 0 Å². The Bertz CT molecular complexity index is 396. The molecule has 0 aliphatic heterocycles. The third-order valence-corrected chi connectivity index (χ3v) is 1.58. The van der Waals surface area contributed by atoms with Gasteiger partial charge in [-0.3, -0.25) is 0 Å².